The molecule has 1 amide bonds. The molecule has 0 radical (unpaired) electrons. The van der Waals surface area contributed by atoms with Gasteiger partial charge in [-0.25, -0.2) is 0 Å². The van der Waals surface area contributed by atoms with E-state index in [9.17, 15) is 4.79 Å². The molecule has 0 aliphatic rings. The van der Waals surface area contributed by atoms with Crippen molar-refractivity contribution in [1.29, 1.82) is 0 Å². The number of carbonyl (C=O) groups is 1. The van der Waals surface area contributed by atoms with Gasteiger partial charge in [0, 0.05) is 13.6 Å². The fourth-order valence-corrected chi connectivity index (χ4v) is 2.52. The maximum atomic E-state index is 11.9. The molecule has 0 aliphatic heterocycles. The molecule has 1 rings (SSSR count). The Kier molecular flexibility index (Phi) is 5.44. The van der Waals surface area contributed by atoms with Crippen LogP contribution in [-0.2, 0) is 4.74 Å². The summed E-state index contributed by atoms with van der Waals surface area (Å²) in [6.07, 6.45) is 0.208. The Hall–Kier alpha value is -0.390. The fraction of sp³-hybridized carbons (Fsp3) is 0.545. The lowest BCUT2D eigenvalue weighted by Gasteiger charge is -2.17. The Morgan fingerprint density at radius 1 is 1.56 bits per heavy atom. The van der Waals surface area contributed by atoms with E-state index in [0.29, 0.717) is 13.2 Å². The van der Waals surface area contributed by atoms with Crippen LogP contribution < -0.4 is 0 Å². The molecule has 1 heterocycles. The maximum Gasteiger partial charge on any atom is 0.263 e. The normalized spacial score (nSPS) is 10.8. The zero-order valence-electron chi connectivity index (χ0n) is 9.70. The van der Waals surface area contributed by atoms with Gasteiger partial charge in [0.25, 0.3) is 5.91 Å². The van der Waals surface area contributed by atoms with Crippen molar-refractivity contribution in [3.63, 3.8) is 0 Å². The monoisotopic (exact) mass is 305 g/mol. The molecule has 0 bridgehead atoms. The molecule has 0 aromatic carbocycles. The molecular formula is C11H16BrNO2S. The molecule has 0 N–H and O–H groups in total. The van der Waals surface area contributed by atoms with Gasteiger partial charge in [-0.2, -0.15) is 0 Å². The van der Waals surface area contributed by atoms with Crippen molar-refractivity contribution in [3.05, 3.63) is 20.8 Å². The standard InChI is InChI=1S/C11H16BrNO2S/c1-8(2)15-7-6-13(3)11(14)9-4-5-10(12)16-9/h4-5,8H,6-7H2,1-3H3. The lowest BCUT2D eigenvalue weighted by molar-refractivity contribution is 0.0534. The number of halogens is 1. The third-order valence-corrected chi connectivity index (χ3v) is 3.62. The molecule has 0 fully saturated rings. The lowest BCUT2D eigenvalue weighted by atomic mass is 10.4. The van der Waals surface area contributed by atoms with E-state index >= 15 is 0 Å². The topological polar surface area (TPSA) is 29.5 Å². The number of thiophene rings is 1. The van der Waals surface area contributed by atoms with Crippen LogP contribution in [0.3, 0.4) is 0 Å². The van der Waals surface area contributed by atoms with Crippen molar-refractivity contribution < 1.29 is 9.53 Å². The molecule has 1 aromatic heterocycles. The summed E-state index contributed by atoms with van der Waals surface area (Å²) in [5, 5.41) is 0. The number of hydrogen-bond donors (Lipinski definition) is 0. The highest BCUT2D eigenvalue weighted by atomic mass is 79.9. The third kappa shape index (κ3) is 4.23. The van der Waals surface area contributed by atoms with Gasteiger partial charge < -0.3 is 9.64 Å². The van der Waals surface area contributed by atoms with Crippen LogP contribution in [0.4, 0.5) is 0 Å². The van der Waals surface area contributed by atoms with Crippen LogP contribution in [-0.4, -0.2) is 37.1 Å². The highest BCUT2D eigenvalue weighted by Gasteiger charge is 2.13. The number of rotatable bonds is 5. The SMILES string of the molecule is CC(C)OCCN(C)C(=O)c1ccc(Br)s1. The van der Waals surface area contributed by atoms with Crippen LogP contribution >= 0.6 is 27.3 Å². The minimum atomic E-state index is 0.0445. The van der Waals surface area contributed by atoms with Crippen LogP contribution in [0.15, 0.2) is 15.9 Å². The zero-order chi connectivity index (χ0) is 12.1. The number of ether oxygens (including phenoxy) is 1. The molecule has 0 aliphatic carbocycles. The number of likely N-dealkylation sites (N-methyl/N-ethyl adjacent to an activating group) is 1. The van der Waals surface area contributed by atoms with Crippen LogP contribution in [0, 0.1) is 0 Å². The van der Waals surface area contributed by atoms with Crippen molar-refractivity contribution in [2.24, 2.45) is 0 Å². The van der Waals surface area contributed by atoms with Crippen molar-refractivity contribution in [2.45, 2.75) is 20.0 Å². The second-order valence-corrected chi connectivity index (χ2v) is 6.21. The first-order valence-corrected chi connectivity index (χ1v) is 6.74. The Balaban J connectivity index is 2.42. The summed E-state index contributed by atoms with van der Waals surface area (Å²) in [4.78, 5) is 14.3. The summed E-state index contributed by atoms with van der Waals surface area (Å²) >= 11 is 4.79. The van der Waals surface area contributed by atoms with Crippen molar-refractivity contribution in [2.75, 3.05) is 20.2 Å². The second kappa shape index (κ2) is 6.37. The molecule has 3 nitrogen and oxygen atoms in total. The van der Waals surface area contributed by atoms with Crippen molar-refractivity contribution in [3.8, 4) is 0 Å². The highest BCUT2D eigenvalue weighted by Crippen LogP contribution is 2.22. The summed E-state index contributed by atoms with van der Waals surface area (Å²) in [5.74, 6) is 0.0445. The predicted molar refractivity (Wildman–Crippen MR) is 70.1 cm³/mol. The minimum absolute atomic E-state index is 0.0445. The van der Waals surface area contributed by atoms with Crippen molar-refractivity contribution in [1.82, 2.24) is 4.90 Å². The Morgan fingerprint density at radius 3 is 2.75 bits per heavy atom. The van der Waals surface area contributed by atoms with E-state index in [0.717, 1.165) is 8.66 Å². The van der Waals surface area contributed by atoms with E-state index in [2.05, 4.69) is 15.9 Å². The van der Waals surface area contributed by atoms with Crippen LogP contribution in [0.5, 0.6) is 0 Å². The van der Waals surface area contributed by atoms with Gasteiger partial charge >= 0.3 is 0 Å². The fourth-order valence-electron chi connectivity index (χ4n) is 1.14. The predicted octanol–water partition coefficient (Wildman–Crippen LogP) is 3.01. The van der Waals surface area contributed by atoms with E-state index in [1.54, 1.807) is 11.9 Å². The smallest absolute Gasteiger partial charge is 0.263 e. The van der Waals surface area contributed by atoms with Gasteiger partial charge in [-0.15, -0.1) is 11.3 Å². The van der Waals surface area contributed by atoms with E-state index in [1.165, 1.54) is 11.3 Å². The molecule has 0 saturated heterocycles. The molecule has 1 aromatic rings. The van der Waals surface area contributed by atoms with Gasteiger partial charge in [0.15, 0.2) is 0 Å². The molecule has 90 valence electrons. The molecular weight excluding hydrogens is 290 g/mol. The maximum absolute atomic E-state index is 11.9. The minimum Gasteiger partial charge on any atom is -0.377 e. The van der Waals surface area contributed by atoms with Crippen LogP contribution in [0.2, 0.25) is 0 Å². The highest BCUT2D eigenvalue weighted by molar-refractivity contribution is 9.11. The molecule has 5 heteroatoms. The number of hydrogen-bond acceptors (Lipinski definition) is 3. The lowest BCUT2D eigenvalue weighted by Crippen LogP contribution is -2.30. The Morgan fingerprint density at radius 2 is 2.25 bits per heavy atom. The average Bonchev–Trinajstić information content (AvgIpc) is 2.63. The Bertz CT molecular complexity index is 352. The van der Waals surface area contributed by atoms with E-state index in [1.807, 2.05) is 26.0 Å². The summed E-state index contributed by atoms with van der Waals surface area (Å²) < 4.78 is 6.38. The first kappa shape index (κ1) is 13.7. The van der Waals surface area contributed by atoms with E-state index < -0.39 is 0 Å². The molecule has 0 spiro atoms. The second-order valence-electron chi connectivity index (χ2n) is 3.75. The van der Waals surface area contributed by atoms with Gasteiger partial charge in [0.05, 0.1) is 21.4 Å². The van der Waals surface area contributed by atoms with Gasteiger partial charge in [-0.1, -0.05) is 0 Å². The number of nitrogens with zero attached hydrogens (tertiary/aromatic N) is 1. The number of amides is 1. The van der Waals surface area contributed by atoms with Crippen LogP contribution in [0.25, 0.3) is 0 Å². The first-order chi connectivity index (χ1) is 7.50. The quantitative estimate of drug-likeness (QED) is 0.837. The number of carbonyl (C=O) groups excluding carboxylic acids is 1. The van der Waals surface area contributed by atoms with E-state index in [-0.39, 0.29) is 12.0 Å². The summed E-state index contributed by atoms with van der Waals surface area (Å²) in [6, 6.07) is 3.72. The van der Waals surface area contributed by atoms with Gasteiger partial charge in [-0.3, -0.25) is 4.79 Å². The molecule has 0 atom stereocenters. The first-order valence-electron chi connectivity index (χ1n) is 5.13. The molecule has 0 saturated carbocycles. The molecule has 0 unspecified atom stereocenters. The van der Waals surface area contributed by atoms with Gasteiger partial charge in [-0.05, 0) is 41.9 Å². The average molecular weight is 306 g/mol. The zero-order valence-corrected chi connectivity index (χ0v) is 12.1. The summed E-state index contributed by atoms with van der Waals surface area (Å²) in [5.41, 5.74) is 0. The van der Waals surface area contributed by atoms with Crippen molar-refractivity contribution >= 4 is 33.2 Å². The summed E-state index contributed by atoms with van der Waals surface area (Å²) in [7, 11) is 1.79. The summed E-state index contributed by atoms with van der Waals surface area (Å²) in [6.45, 7) is 5.16. The van der Waals surface area contributed by atoms with Crippen LogP contribution in [0.1, 0.15) is 23.5 Å². The van der Waals surface area contributed by atoms with Gasteiger partial charge in [0.1, 0.15) is 0 Å². The third-order valence-electron chi connectivity index (χ3n) is 2.01. The van der Waals surface area contributed by atoms with E-state index in [4.69, 9.17) is 4.74 Å². The Labute approximate surface area is 109 Å². The molecule has 16 heavy (non-hydrogen) atoms. The largest absolute Gasteiger partial charge is 0.377 e. The van der Waals surface area contributed by atoms with Gasteiger partial charge in [0.2, 0.25) is 0 Å².